The Morgan fingerprint density at radius 2 is 2.00 bits per heavy atom. The number of hydrogen-bond acceptors (Lipinski definition) is 6. The van der Waals surface area contributed by atoms with Gasteiger partial charge in [0.05, 0.1) is 11.6 Å². The van der Waals surface area contributed by atoms with Gasteiger partial charge >= 0.3 is 5.88 Å². The lowest BCUT2D eigenvalue weighted by molar-refractivity contribution is -0.402. The zero-order valence-electron chi connectivity index (χ0n) is 12.0. The molecule has 0 amide bonds. The molecule has 1 aromatic rings. The van der Waals surface area contributed by atoms with Crippen molar-refractivity contribution in [1.82, 2.24) is 4.90 Å². The highest BCUT2D eigenvalue weighted by molar-refractivity contribution is 8.93. The van der Waals surface area contributed by atoms with Gasteiger partial charge in [0.25, 0.3) is 0 Å². The number of rotatable bonds is 7. The minimum atomic E-state index is -0.682. The minimum absolute atomic E-state index is 0. The number of nitro groups is 1. The Morgan fingerprint density at radius 3 is 2.43 bits per heavy atom. The predicted molar refractivity (Wildman–Crippen MR) is 82.5 cm³/mol. The number of ketones is 2. The maximum absolute atomic E-state index is 11.9. The molecule has 0 N–H and O–H groups in total. The van der Waals surface area contributed by atoms with Gasteiger partial charge in [-0.05, 0) is 33.2 Å². The molecule has 0 unspecified atom stereocenters. The molecular weight excluding hydrogens is 344 g/mol. The monoisotopic (exact) mass is 360 g/mol. The van der Waals surface area contributed by atoms with Gasteiger partial charge in [0.1, 0.15) is 10.7 Å². The van der Waals surface area contributed by atoms with E-state index in [0.717, 1.165) is 0 Å². The average Bonchev–Trinajstić information content (AvgIpc) is 2.81. The van der Waals surface area contributed by atoms with Crippen LogP contribution in [0.4, 0.5) is 5.88 Å². The van der Waals surface area contributed by atoms with Crippen molar-refractivity contribution in [3.8, 4) is 0 Å². The molecule has 0 aliphatic rings. The molecule has 0 aliphatic heterocycles. The van der Waals surface area contributed by atoms with Crippen molar-refractivity contribution in [2.45, 2.75) is 13.3 Å². The van der Waals surface area contributed by atoms with E-state index in [2.05, 4.69) is 0 Å². The lowest BCUT2D eigenvalue weighted by Crippen LogP contribution is -2.19. The van der Waals surface area contributed by atoms with E-state index in [9.17, 15) is 19.7 Å². The summed E-state index contributed by atoms with van der Waals surface area (Å²) >= 11 is 0. The molecule has 0 atom stereocenters. The van der Waals surface area contributed by atoms with Gasteiger partial charge in [-0.2, -0.15) is 0 Å². The third-order valence-corrected chi connectivity index (χ3v) is 2.54. The molecule has 21 heavy (non-hydrogen) atoms. The Morgan fingerprint density at radius 1 is 1.38 bits per heavy atom. The molecular formula is C13H17BrN2O5. The number of carbonyl (C=O) groups is 2. The second-order valence-corrected chi connectivity index (χ2v) is 4.52. The predicted octanol–water partition coefficient (Wildman–Crippen LogP) is 2.26. The van der Waals surface area contributed by atoms with E-state index in [-0.39, 0.29) is 40.5 Å². The highest BCUT2D eigenvalue weighted by Crippen LogP contribution is 2.19. The number of Topliss-reactive ketones (excluding diaryl/α,β-unsaturated/α-hetero) is 2. The van der Waals surface area contributed by atoms with Crippen LogP contribution in [-0.4, -0.2) is 42.0 Å². The molecule has 8 heteroatoms. The van der Waals surface area contributed by atoms with Crippen molar-refractivity contribution in [3.63, 3.8) is 0 Å². The molecule has 116 valence electrons. The summed E-state index contributed by atoms with van der Waals surface area (Å²) in [5.74, 6) is -1.03. The summed E-state index contributed by atoms with van der Waals surface area (Å²) in [5.41, 5.74) is -0.0175. The van der Waals surface area contributed by atoms with E-state index in [4.69, 9.17) is 4.42 Å². The van der Waals surface area contributed by atoms with Crippen molar-refractivity contribution < 1.29 is 18.9 Å². The Labute approximate surface area is 132 Å². The first-order valence-electron chi connectivity index (χ1n) is 5.96. The molecule has 0 saturated carbocycles. The van der Waals surface area contributed by atoms with Gasteiger partial charge in [0.15, 0.2) is 11.6 Å². The summed E-state index contributed by atoms with van der Waals surface area (Å²) in [6.07, 6.45) is 1.44. The van der Waals surface area contributed by atoms with Crippen LogP contribution >= 0.6 is 17.0 Å². The maximum atomic E-state index is 11.9. The van der Waals surface area contributed by atoms with E-state index in [1.54, 1.807) is 0 Å². The van der Waals surface area contributed by atoms with Gasteiger partial charge in [-0.3, -0.25) is 19.7 Å². The number of furan rings is 1. The standard InChI is InChI=1S/C13H16N2O5.BrH/c1-9(16)11(12(17)6-7-14(2)3)8-10-4-5-13(20-10)15(18)19;/h4-5,8H,6-7H2,1-3H3;1H/b11-8-;. The quantitative estimate of drug-likeness (QED) is 0.243. The molecule has 0 fully saturated rings. The molecule has 1 rings (SSSR count). The van der Waals surface area contributed by atoms with Crippen LogP contribution in [0.1, 0.15) is 19.1 Å². The molecule has 0 bridgehead atoms. The fourth-order valence-electron chi connectivity index (χ4n) is 1.50. The zero-order valence-corrected chi connectivity index (χ0v) is 13.7. The van der Waals surface area contributed by atoms with E-state index in [0.29, 0.717) is 6.54 Å². The molecule has 0 aromatic carbocycles. The lowest BCUT2D eigenvalue weighted by atomic mass is 10.0. The third-order valence-electron chi connectivity index (χ3n) is 2.54. The first kappa shape index (κ1) is 19.2. The van der Waals surface area contributed by atoms with Gasteiger partial charge in [-0.1, -0.05) is 0 Å². The Balaban J connectivity index is 0.00000400. The van der Waals surface area contributed by atoms with Crippen molar-refractivity contribution in [3.05, 3.63) is 33.6 Å². The van der Waals surface area contributed by atoms with Crippen LogP contribution in [0.15, 0.2) is 22.1 Å². The van der Waals surface area contributed by atoms with E-state index < -0.39 is 16.6 Å². The second-order valence-electron chi connectivity index (χ2n) is 4.52. The highest BCUT2D eigenvalue weighted by Gasteiger charge is 2.17. The highest BCUT2D eigenvalue weighted by atomic mass is 79.9. The Hall–Kier alpha value is -1.80. The average molecular weight is 361 g/mol. The summed E-state index contributed by atoms with van der Waals surface area (Å²) in [6.45, 7) is 1.79. The summed E-state index contributed by atoms with van der Waals surface area (Å²) < 4.78 is 4.91. The summed E-state index contributed by atoms with van der Waals surface area (Å²) in [7, 11) is 3.64. The molecule has 0 spiro atoms. The van der Waals surface area contributed by atoms with Crippen molar-refractivity contribution in [2.75, 3.05) is 20.6 Å². The fourth-order valence-corrected chi connectivity index (χ4v) is 1.50. The van der Waals surface area contributed by atoms with Crippen LogP contribution in [0, 0.1) is 10.1 Å². The normalized spacial score (nSPS) is 11.1. The van der Waals surface area contributed by atoms with E-state index in [1.165, 1.54) is 25.1 Å². The minimum Gasteiger partial charge on any atom is -0.401 e. The molecule has 0 radical (unpaired) electrons. The van der Waals surface area contributed by atoms with E-state index >= 15 is 0 Å². The summed E-state index contributed by atoms with van der Waals surface area (Å²) in [4.78, 5) is 35.1. The number of halogens is 1. The van der Waals surface area contributed by atoms with E-state index in [1.807, 2.05) is 19.0 Å². The number of hydrogen-bond donors (Lipinski definition) is 0. The first-order valence-corrected chi connectivity index (χ1v) is 5.96. The summed E-state index contributed by atoms with van der Waals surface area (Å²) in [5, 5.41) is 10.5. The van der Waals surface area contributed by atoms with Gasteiger partial charge in [-0.25, -0.2) is 0 Å². The summed E-state index contributed by atoms with van der Waals surface area (Å²) in [6, 6.07) is 2.52. The van der Waals surface area contributed by atoms with Gasteiger partial charge in [-0.15, -0.1) is 17.0 Å². The third kappa shape index (κ3) is 6.01. The molecule has 0 saturated heterocycles. The zero-order chi connectivity index (χ0) is 15.3. The van der Waals surface area contributed by atoms with Gasteiger partial charge < -0.3 is 9.32 Å². The first-order chi connectivity index (χ1) is 9.31. The van der Waals surface area contributed by atoms with Crippen LogP contribution < -0.4 is 0 Å². The topological polar surface area (TPSA) is 93.7 Å². The van der Waals surface area contributed by atoms with Crippen LogP contribution in [0.2, 0.25) is 0 Å². The van der Waals surface area contributed by atoms with Crippen LogP contribution in [0.5, 0.6) is 0 Å². The maximum Gasteiger partial charge on any atom is 0.433 e. The smallest absolute Gasteiger partial charge is 0.401 e. The lowest BCUT2D eigenvalue weighted by Gasteiger charge is -2.08. The van der Waals surface area contributed by atoms with Gasteiger partial charge in [0, 0.05) is 13.0 Å². The molecule has 7 nitrogen and oxygen atoms in total. The second kappa shape index (κ2) is 8.48. The Kier molecular flexibility index (Phi) is 7.75. The fraction of sp³-hybridized carbons (Fsp3) is 0.385. The van der Waals surface area contributed by atoms with Crippen LogP contribution in [0.3, 0.4) is 0 Å². The van der Waals surface area contributed by atoms with Gasteiger partial charge in [0.2, 0.25) is 0 Å². The number of carbonyl (C=O) groups excluding carboxylic acids is 2. The molecule has 1 heterocycles. The largest absolute Gasteiger partial charge is 0.433 e. The van der Waals surface area contributed by atoms with Crippen molar-refractivity contribution >= 4 is 40.5 Å². The van der Waals surface area contributed by atoms with Crippen molar-refractivity contribution in [1.29, 1.82) is 0 Å². The van der Waals surface area contributed by atoms with Crippen LogP contribution in [-0.2, 0) is 9.59 Å². The van der Waals surface area contributed by atoms with Crippen LogP contribution in [0.25, 0.3) is 6.08 Å². The number of allylic oxidation sites excluding steroid dienone is 1. The number of nitrogens with zero attached hydrogens (tertiary/aromatic N) is 2. The van der Waals surface area contributed by atoms with Crippen molar-refractivity contribution in [2.24, 2.45) is 0 Å². The molecule has 0 aliphatic carbocycles. The molecule has 1 aromatic heterocycles. The Bertz CT molecular complexity index is 563. The SMILES string of the molecule is Br.CC(=O)/C(=C/c1ccc([N+](=O)[O-])o1)C(=O)CCN(C)C.